The Hall–Kier alpha value is -4.32. The van der Waals surface area contributed by atoms with Crippen LogP contribution in [-0.4, -0.2) is 49.4 Å². The zero-order chi connectivity index (χ0) is 28.0. The molecule has 5 aromatic rings. The van der Waals surface area contributed by atoms with E-state index in [-0.39, 0.29) is 29.7 Å². The number of piperidine rings is 1. The molecule has 6 rings (SSSR count). The van der Waals surface area contributed by atoms with Crippen molar-refractivity contribution in [1.82, 2.24) is 29.2 Å². The first-order valence-corrected chi connectivity index (χ1v) is 12.7. The van der Waals surface area contributed by atoms with Gasteiger partial charge in [-0.1, -0.05) is 12.1 Å². The zero-order valence-electron chi connectivity index (χ0n) is 21.4. The second-order valence-electron chi connectivity index (χ2n) is 9.89. The third kappa shape index (κ3) is 4.79. The fourth-order valence-electron chi connectivity index (χ4n) is 5.18. The number of hydrogen-bond acceptors (Lipinski definition) is 6. The summed E-state index contributed by atoms with van der Waals surface area (Å²) < 4.78 is 63.1. The van der Waals surface area contributed by atoms with E-state index in [1.807, 2.05) is 7.05 Å². The van der Waals surface area contributed by atoms with Gasteiger partial charge in [-0.15, -0.1) is 10.2 Å². The van der Waals surface area contributed by atoms with Gasteiger partial charge in [0, 0.05) is 23.9 Å². The van der Waals surface area contributed by atoms with Gasteiger partial charge < -0.3 is 9.32 Å². The Kier molecular flexibility index (Phi) is 6.70. The number of halogens is 4. The summed E-state index contributed by atoms with van der Waals surface area (Å²) in [6.07, 6.45) is 0.00553. The van der Waals surface area contributed by atoms with Crippen molar-refractivity contribution in [2.45, 2.75) is 31.9 Å². The zero-order valence-corrected chi connectivity index (χ0v) is 21.4. The Morgan fingerprint density at radius 3 is 2.48 bits per heavy atom. The maximum Gasteiger partial charge on any atom is 0.329 e. The molecule has 0 aliphatic carbocycles. The molecule has 0 spiro atoms. The van der Waals surface area contributed by atoms with Gasteiger partial charge in [0.15, 0.2) is 0 Å². The second-order valence-corrected chi connectivity index (χ2v) is 9.89. The Balaban J connectivity index is 1.41. The second kappa shape index (κ2) is 10.3. The summed E-state index contributed by atoms with van der Waals surface area (Å²) in [5.41, 5.74) is 2.06. The molecule has 206 valence electrons. The molecule has 40 heavy (non-hydrogen) atoms. The van der Waals surface area contributed by atoms with E-state index in [2.05, 4.69) is 20.1 Å². The molecular weight excluding hydrogens is 528 g/mol. The lowest BCUT2D eigenvalue weighted by Gasteiger charge is -2.29. The highest BCUT2D eigenvalue weighted by Gasteiger charge is 2.26. The van der Waals surface area contributed by atoms with Crippen molar-refractivity contribution in [3.05, 3.63) is 88.4 Å². The van der Waals surface area contributed by atoms with Gasteiger partial charge in [-0.3, -0.25) is 14.1 Å². The first-order chi connectivity index (χ1) is 19.3. The number of likely N-dealkylation sites (tertiary alicyclic amines) is 1. The number of aromatic nitrogens is 5. The van der Waals surface area contributed by atoms with Crippen molar-refractivity contribution in [2.24, 2.45) is 0 Å². The monoisotopic (exact) mass is 552 g/mol. The van der Waals surface area contributed by atoms with E-state index in [9.17, 15) is 18.0 Å². The number of rotatable bonds is 6. The molecule has 0 bridgehead atoms. The Morgan fingerprint density at radius 1 is 1.00 bits per heavy atom. The van der Waals surface area contributed by atoms with Gasteiger partial charge in [-0.25, -0.2) is 13.6 Å². The van der Waals surface area contributed by atoms with Crippen LogP contribution in [0.2, 0.25) is 0 Å². The Bertz CT molecular complexity index is 1740. The van der Waals surface area contributed by atoms with Crippen LogP contribution in [0.15, 0.2) is 63.9 Å². The summed E-state index contributed by atoms with van der Waals surface area (Å²) in [5.74, 6) is -1.95. The van der Waals surface area contributed by atoms with Crippen molar-refractivity contribution < 1.29 is 22.0 Å². The van der Waals surface area contributed by atoms with E-state index in [0.717, 1.165) is 25.9 Å². The van der Waals surface area contributed by atoms with Gasteiger partial charge in [0.25, 0.3) is 5.89 Å². The molecule has 12 heteroatoms. The summed E-state index contributed by atoms with van der Waals surface area (Å²) in [6, 6.07) is 11.7. The lowest BCUT2D eigenvalue weighted by molar-refractivity contribution is 0.116. The van der Waals surface area contributed by atoms with Crippen LogP contribution in [-0.2, 0) is 6.54 Å². The fourth-order valence-corrected chi connectivity index (χ4v) is 5.18. The Morgan fingerprint density at radius 2 is 1.80 bits per heavy atom. The van der Waals surface area contributed by atoms with Crippen LogP contribution in [0.4, 0.5) is 17.6 Å². The van der Waals surface area contributed by atoms with Gasteiger partial charge in [0.2, 0.25) is 5.89 Å². The van der Waals surface area contributed by atoms with Gasteiger partial charge in [-0.2, -0.15) is 8.78 Å². The normalized spacial score (nSPS) is 14.9. The van der Waals surface area contributed by atoms with Crippen LogP contribution in [0.3, 0.4) is 0 Å². The minimum absolute atomic E-state index is 0.0418. The molecule has 3 aromatic heterocycles. The van der Waals surface area contributed by atoms with Crippen LogP contribution in [0.25, 0.3) is 33.6 Å². The number of fused-ring (bicyclic) bond motifs is 1. The number of hydrogen-bond donors (Lipinski definition) is 0. The summed E-state index contributed by atoms with van der Waals surface area (Å²) in [7, 11) is 2.03. The SMILES string of the molecule is CN1CCC(n2c(=O)n(Cc3ccc(-c4nnc(C(F)F)o4)cn3)c3cc(F)c(-c4cccc(F)c4)cc32)CC1. The minimum atomic E-state index is -2.89. The van der Waals surface area contributed by atoms with E-state index >= 15 is 4.39 Å². The van der Waals surface area contributed by atoms with E-state index in [4.69, 9.17) is 4.42 Å². The highest BCUT2D eigenvalue weighted by Crippen LogP contribution is 2.32. The lowest BCUT2D eigenvalue weighted by Crippen LogP contribution is -2.36. The highest BCUT2D eigenvalue weighted by molar-refractivity contribution is 5.83. The van der Waals surface area contributed by atoms with Crippen molar-refractivity contribution in [2.75, 3.05) is 20.1 Å². The molecule has 1 fully saturated rings. The maximum absolute atomic E-state index is 15.4. The highest BCUT2D eigenvalue weighted by atomic mass is 19.3. The van der Waals surface area contributed by atoms with E-state index in [1.165, 1.54) is 35.0 Å². The smallest absolute Gasteiger partial charge is 0.329 e. The lowest BCUT2D eigenvalue weighted by atomic mass is 10.0. The van der Waals surface area contributed by atoms with Crippen molar-refractivity contribution >= 4 is 11.0 Å². The van der Waals surface area contributed by atoms with Crippen LogP contribution in [0.1, 0.15) is 36.9 Å². The average molecular weight is 553 g/mol. The van der Waals surface area contributed by atoms with E-state index < -0.39 is 24.0 Å². The van der Waals surface area contributed by atoms with Gasteiger partial charge >= 0.3 is 12.1 Å². The van der Waals surface area contributed by atoms with E-state index in [0.29, 0.717) is 27.9 Å². The van der Waals surface area contributed by atoms with Crippen molar-refractivity contribution in [3.8, 4) is 22.6 Å². The van der Waals surface area contributed by atoms with Crippen LogP contribution < -0.4 is 5.69 Å². The number of nitrogens with zero attached hydrogens (tertiary/aromatic N) is 6. The number of benzene rings is 2. The Labute approximate surface area is 225 Å². The number of alkyl halides is 2. The molecule has 0 saturated carbocycles. The van der Waals surface area contributed by atoms with Crippen molar-refractivity contribution in [1.29, 1.82) is 0 Å². The molecule has 1 saturated heterocycles. The third-order valence-electron chi connectivity index (χ3n) is 7.26. The topological polar surface area (TPSA) is 82.0 Å². The quantitative estimate of drug-likeness (QED) is 0.261. The van der Waals surface area contributed by atoms with Crippen molar-refractivity contribution in [3.63, 3.8) is 0 Å². The molecular formula is C28H24F4N6O2. The largest absolute Gasteiger partial charge is 0.415 e. The molecule has 1 aliphatic rings. The van der Waals surface area contributed by atoms with Gasteiger partial charge in [0.05, 0.1) is 28.8 Å². The first-order valence-electron chi connectivity index (χ1n) is 12.7. The van der Waals surface area contributed by atoms with Gasteiger partial charge in [0.1, 0.15) is 11.6 Å². The summed E-state index contributed by atoms with van der Waals surface area (Å²) >= 11 is 0. The van der Waals surface area contributed by atoms with Crippen LogP contribution in [0.5, 0.6) is 0 Å². The molecule has 0 unspecified atom stereocenters. The average Bonchev–Trinajstić information content (AvgIpc) is 3.53. The standard InChI is InChI=1S/C28H24F4N6O2/c1-36-9-7-20(8-10-36)38-24-12-21(16-3-2-4-18(29)11-16)22(30)13-23(24)37(28(38)39)15-19-6-5-17(14-33-19)26-34-35-27(40-26)25(31)32/h2-6,11-14,20,25H,7-10,15H2,1H3. The molecule has 0 radical (unpaired) electrons. The molecule has 4 heterocycles. The minimum Gasteiger partial charge on any atom is -0.415 e. The van der Waals surface area contributed by atoms with Crippen LogP contribution in [0, 0.1) is 11.6 Å². The number of pyridine rings is 1. The van der Waals surface area contributed by atoms with Crippen LogP contribution >= 0.6 is 0 Å². The molecule has 1 aliphatic heterocycles. The number of imidazole rings is 1. The molecule has 0 N–H and O–H groups in total. The fraction of sp³-hybridized carbons (Fsp3) is 0.286. The first kappa shape index (κ1) is 25.9. The predicted molar refractivity (Wildman–Crippen MR) is 139 cm³/mol. The molecule has 2 aromatic carbocycles. The van der Waals surface area contributed by atoms with E-state index in [1.54, 1.807) is 28.8 Å². The third-order valence-corrected chi connectivity index (χ3v) is 7.26. The molecule has 8 nitrogen and oxygen atoms in total. The molecule has 0 atom stereocenters. The molecule has 0 amide bonds. The summed E-state index contributed by atoms with van der Waals surface area (Å²) in [6.45, 7) is 1.67. The summed E-state index contributed by atoms with van der Waals surface area (Å²) in [5, 5.41) is 6.94. The van der Waals surface area contributed by atoms with Gasteiger partial charge in [-0.05, 0) is 68.9 Å². The maximum atomic E-state index is 15.4. The summed E-state index contributed by atoms with van der Waals surface area (Å²) in [4.78, 5) is 20.4. The predicted octanol–water partition coefficient (Wildman–Crippen LogP) is 5.45.